The molecule has 4 N–H and O–H groups in total. The molecule has 0 aliphatic carbocycles. The number of amides is 4. The van der Waals surface area contributed by atoms with E-state index in [0.29, 0.717) is 21.7 Å². The monoisotopic (exact) mass is 424 g/mol. The van der Waals surface area contributed by atoms with E-state index in [1.807, 2.05) is 10.6 Å². The highest BCUT2D eigenvalue weighted by Crippen LogP contribution is 2.13. The van der Waals surface area contributed by atoms with Crippen molar-refractivity contribution in [3.05, 3.63) is 75.4 Å². The zero-order chi connectivity index (χ0) is 22.4. The molecular formula is C22H12N6O4. The Balaban J connectivity index is 1.92. The average molecular weight is 424 g/mol. The van der Waals surface area contributed by atoms with Gasteiger partial charge in [-0.3, -0.25) is 25.0 Å². The maximum absolute atomic E-state index is 12.5. The average Bonchev–Trinajstić information content (AvgIpc) is 3.13. The molecule has 1 saturated heterocycles. The van der Waals surface area contributed by atoms with E-state index in [4.69, 9.17) is 0 Å². The minimum atomic E-state index is -0.915. The van der Waals surface area contributed by atoms with Crippen LogP contribution in [0, 0.1) is 11.3 Å². The van der Waals surface area contributed by atoms with Crippen molar-refractivity contribution in [1.82, 2.24) is 25.6 Å². The third-order valence-electron chi connectivity index (χ3n) is 5.10. The van der Waals surface area contributed by atoms with Gasteiger partial charge in [0, 0.05) is 10.8 Å². The number of aromatic nitrogens is 3. The quantitative estimate of drug-likeness (QED) is 0.326. The first-order chi connectivity index (χ1) is 15.5. The van der Waals surface area contributed by atoms with Gasteiger partial charge >= 0.3 is 6.03 Å². The lowest BCUT2D eigenvalue weighted by molar-refractivity contribution is -0.121. The molecule has 10 heteroatoms. The van der Waals surface area contributed by atoms with E-state index in [1.165, 1.54) is 0 Å². The van der Waals surface area contributed by atoms with Gasteiger partial charge < -0.3 is 9.97 Å². The Kier molecular flexibility index (Phi) is 4.16. The molecular weight excluding hydrogens is 412 g/mol. The van der Waals surface area contributed by atoms with Gasteiger partial charge in [-0.25, -0.2) is 4.79 Å². The Bertz CT molecular complexity index is 1700. The van der Waals surface area contributed by atoms with Crippen LogP contribution in [0.1, 0.15) is 5.82 Å². The number of hydrogen-bond acceptors (Lipinski definition) is 6. The van der Waals surface area contributed by atoms with Gasteiger partial charge in [-0.1, -0.05) is 36.4 Å². The molecule has 1 aliphatic rings. The third kappa shape index (κ3) is 2.85. The number of para-hydroxylation sites is 1. The number of nitrogens with zero attached hydrogens (tertiary/aromatic N) is 2. The van der Waals surface area contributed by atoms with E-state index >= 15 is 0 Å². The summed E-state index contributed by atoms with van der Waals surface area (Å²) in [5.41, 5.74) is -0.282. The van der Waals surface area contributed by atoms with Crippen LogP contribution < -0.4 is 26.9 Å². The van der Waals surface area contributed by atoms with Crippen molar-refractivity contribution < 1.29 is 14.4 Å². The molecule has 3 heterocycles. The van der Waals surface area contributed by atoms with Crippen LogP contribution in [0.3, 0.4) is 0 Å². The highest BCUT2D eigenvalue weighted by atomic mass is 16.2. The predicted octanol–water partition coefficient (Wildman–Crippen LogP) is -0.356. The Morgan fingerprint density at radius 2 is 1.44 bits per heavy atom. The summed E-state index contributed by atoms with van der Waals surface area (Å²) in [4.78, 5) is 58.7. The van der Waals surface area contributed by atoms with Gasteiger partial charge in [0.05, 0.1) is 21.6 Å². The molecule has 2 aromatic carbocycles. The summed E-state index contributed by atoms with van der Waals surface area (Å²) in [6, 6.07) is 14.7. The number of rotatable bonds is 1. The molecule has 0 unspecified atom stereocenters. The van der Waals surface area contributed by atoms with E-state index in [0.717, 1.165) is 0 Å². The lowest BCUT2D eigenvalue weighted by Gasteiger charge is -2.13. The second kappa shape index (κ2) is 7.03. The van der Waals surface area contributed by atoms with Crippen molar-refractivity contribution in [2.75, 3.05) is 0 Å². The van der Waals surface area contributed by atoms with E-state index in [9.17, 15) is 24.4 Å². The molecule has 4 amide bonds. The molecule has 10 nitrogen and oxygen atoms in total. The molecule has 154 valence electrons. The predicted molar refractivity (Wildman–Crippen MR) is 113 cm³/mol. The molecule has 0 bridgehead atoms. The number of carbonyl (C=O) groups is 3. The molecule has 0 radical (unpaired) electrons. The summed E-state index contributed by atoms with van der Waals surface area (Å²) < 4.78 is 0. The van der Waals surface area contributed by atoms with Crippen LogP contribution >= 0.6 is 0 Å². The molecule has 5 rings (SSSR count). The largest absolute Gasteiger partial charge is 0.352 e. The zero-order valence-corrected chi connectivity index (χ0v) is 16.1. The summed E-state index contributed by atoms with van der Waals surface area (Å²) >= 11 is 0. The number of H-pyrrole nitrogens is 2. The SMILES string of the molecule is N#C/C(c1nc(=O)c2ccccc2[nH]1)=c1\[nH]c(=C2C(=O)NC(=O)NC2=O)c2ccccc12. The highest BCUT2D eigenvalue weighted by molar-refractivity contribution is 6.46. The summed E-state index contributed by atoms with van der Waals surface area (Å²) in [7, 11) is 0. The maximum Gasteiger partial charge on any atom is 0.328 e. The molecule has 32 heavy (non-hydrogen) atoms. The Morgan fingerprint density at radius 1 is 0.812 bits per heavy atom. The fraction of sp³-hybridized carbons (Fsp3) is 0. The molecule has 2 aromatic heterocycles. The van der Waals surface area contributed by atoms with Gasteiger partial charge in [0.1, 0.15) is 17.2 Å². The molecule has 1 aliphatic heterocycles. The highest BCUT2D eigenvalue weighted by Gasteiger charge is 2.30. The van der Waals surface area contributed by atoms with Crippen molar-refractivity contribution in [3.63, 3.8) is 0 Å². The minimum Gasteiger partial charge on any atom is -0.352 e. The number of nitriles is 1. The van der Waals surface area contributed by atoms with Crippen molar-refractivity contribution in [2.45, 2.75) is 0 Å². The van der Waals surface area contributed by atoms with E-state index in [1.54, 1.807) is 48.5 Å². The van der Waals surface area contributed by atoms with Crippen molar-refractivity contribution >= 4 is 50.7 Å². The van der Waals surface area contributed by atoms with Gasteiger partial charge in [-0.05, 0) is 12.1 Å². The summed E-state index contributed by atoms with van der Waals surface area (Å²) in [6.45, 7) is 0. The van der Waals surface area contributed by atoms with Crippen LogP contribution in [0.15, 0.2) is 53.3 Å². The Hall–Kier alpha value is -5.04. The van der Waals surface area contributed by atoms with Crippen molar-refractivity contribution in [1.29, 1.82) is 5.26 Å². The topological polar surface area (TPSA) is 161 Å². The smallest absolute Gasteiger partial charge is 0.328 e. The maximum atomic E-state index is 12.5. The zero-order valence-electron chi connectivity index (χ0n) is 16.1. The van der Waals surface area contributed by atoms with E-state index < -0.39 is 23.4 Å². The van der Waals surface area contributed by atoms with Gasteiger partial charge in [0.25, 0.3) is 17.4 Å². The molecule has 0 atom stereocenters. The van der Waals surface area contributed by atoms with Gasteiger partial charge in [0.15, 0.2) is 5.82 Å². The van der Waals surface area contributed by atoms with E-state index in [2.05, 4.69) is 21.0 Å². The lowest BCUT2D eigenvalue weighted by Crippen LogP contribution is -2.52. The number of fused-ring (bicyclic) bond motifs is 2. The standard InChI is InChI=1S/C22H12N6O4/c23-9-13(18-24-14-8-4-3-7-12(14)19(29)26-18)16-10-5-1-2-6-11(10)17(25-16)15-20(30)27-22(32)28-21(15)31/h1-8,25H,(H,24,26,29)(H2,27,28,30,31,32)/b16-13+. The fourth-order valence-corrected chi connectivity index (χ4v) is 3.71. The first-order valence-electron chi connectivity index (χ1n) is 9.39. The van der Waals surface area contributed by atoms with Crippen LogP contribution in [-0.4, -0.2) is 32.8 Å². The number of urea groups is 1. The van der Waals surface area contributed by atoms with Crippen LogP contribution in [0.2, 0.25) is 0 Å². The molecule has 1 fully saturated rings. The molecule has 4 aromatic rings. The number of nitrogens with one attached hydrogen (secondary N) is 4. The fourth-order valence-electron chi connectivity index (χ4n) is 3.71. The Labute approximate surface area is 177 Å². The van der Waals surface area contributed by atoms with Gasteiger partial charge in [0.2, 0.25) is 0 Å². The second-order valence-corrected chi connectivity index (χ2v) is 6.96. The minimum absolute atomic E-state index is 0.0172. The summed E-state index contributed by atoms with van der Waals surface area (Å²) in [6.07, 6.45) is 0. The van der Waals surface area contributed by atoms with E-state index in [-0.39, 0.29) is 27.7 Å². The third-order valence-corrected chi connectivity index (χ3v) is 5.10. The number of carbonyl (C=O) groups excluding carboxylic acids is 3. The molecule has 0 saturated carbocycles. The Morgan fingerprint density at radius 3 is 2.12 bits per heavy atom. The van der Waals surface area contributed by atoms with Crippen molar-refractivity contribution in [3.8, 4) is 6.07 Å². The summed E-state index contributed by atoms with van der Waals surface area (Å²) in [5.74, 6) is -1.70. The number of imide groups is 2. The lowest BCUT2D eigenvalue weighted by atomic mass is 10.1. The molecule has 0 spiro atoms. The van der Waals surface area contributed by atoms with Crippen LogP contribution in [0.5, 0.6) is 0 Å². The first kappa shape index (κ1) is 19.0. The van der Waals surface area contributed by atoms with Crippen LogP contribution in [0.25, 0.3) is 32.8 Å². The first-order valence-corrected chi connectivity index (χ1v) is 9.39. The number of barbiturate groups is 1. The van der Waals surface area contributed by atoms with Gasteiger partial charge in [-0.2, -0.15) is 10.2 Å². The second-order valence-electron chi connectivity index (χ2n) is 6.96. The summed E-state index contributed by atoms with van der Waals surface area (Å²) in [5, 5.41) is 15.8. The van der Waals surface area contributed by atoms with Gasteiger partial charge in [-0.15, -0.1) is 0 Å². The normalized spacial score (nSPS) is 14.8. The van der Waals surface area contributed by atoms with Crippen molar-refractivity contribution in [2.24, 2.45) is 0 Å². The number of aromatic amines is 2. The number of benzene rings is 2. The van der Waals surface area contributed by atoms with Crippen LogP contribution in [-0.2, 0) is 9.59 Å². The van der Waals surface area contributed by atoms with Crippen LogP contribution in [0.4, 0.5) is 4.79 Å². The number of hydrogen-bond donors (Lipinski definition) is 4.